The number of pyridine rings is 1. The molecule has 1 aliphatic rings. The molecule has 0 aromatic carbocycles. The third kappa shape index (κ3) is 4.40. The molecule has 0 radical (unpaired) electrons. The minimum Gasteiger partial charge on any atom is -0.389 e. The molecule has 0 unspecified atom stereocenters. The number of nitrogens with one attached hydrogen (secondary N) is 1. The van der Waals surface area contributed by atoms with Crippen LogP contribution in [-0.2, 0) is 0 Å². The Morgan fingerprint density at radius 2 is 1.96 bits per heavy atom. The van der Waals surface area contributed by atoms with E-state index in [1.54, 1.807) is 6.20 Å². The predicted octanol–water partition coefficient (Wildman–Crippen LogP) is 3.48. The van der Waals surface area contributed by atoms with E-state index in [1.165, 1.54) is 12.5 Å². The Bertz CT molecular complexity index is 1010. The lowest BCUT2D eigenvalue weighted by Gasteiger charge is -2.29. The molecule has 3 heterocycles. The maximum absolute atomic E-state index is 13.2. The molecule has 4 rings (SSSR count). The second-order valence-corrected chi connectivity index (χ2v) is 6.80. The van der Waals surface area contributed by atoms with Gasteiger partial charge in [0, 0.05) is 17.1 Å². The third-order valence-corrected chi connectivity index (χ3v) is 4.70. The van der Waals surface area contributed by atoms with Crippen molar-refractivity contribution in [3.05, 3.63) is 36.3 Å². The maximum atomic E-state index is 13.2. The van der Waals surface area contributed by atoms with Crippen LogP contribution in [0.15, 0.2) is 24.7 Å². The number of fused-ring (bicyclic) bond motifs is 1. The lowest BCUT2D eigenvalue weighted by Crippen LogP contribution is -2.30. The van der Waals surface area contributed by atoms with Crippen molar-refractivity contribution in [1.82, 2.24) is 19.9 Å². The van der Waals surface area contributed by atoms with Crippen LogP contribution in [0, 0.1) is 23.0 Å². The van der Waals surface area contributed by atoms with E-state index in [0.717, 1.165) is 38.1 Å². The van der Waals surface area contributed by atoms with E-state index in [2.05, 4.69) is 19.9 Å². The number of hydrogen-bond donors (Lipinski definition) is 3. The molecule has 3 aromatic rings. The average molecular weight is 386 g/mol. The molecule has 7 nitrogen and oxygen atoms in total. The van der Waals surface area contributed by atoms with Gasteiger partial charge in [-0.1, -0.05) is 19.3 Å². The van der Waals surface area contributed by atoms with E-state index in [4.69, 9.17) is 11.0 Å². The number of nitriles is 1. The van der Waals surface area contributed by atoms with Gasteiger partial charge in [0.25, 0.3) is 0 Å². The first-order valence-electron chi connectivity index (χ1n) is 8.92. The number of nitrogen functional groups attached to an aromatic ring is 1. The van der Waals surface area contributed by atoms with Gasteiger partial charge in [0.05, 0.1) is 30.5 Å². The summed E-state index contributed by atoms with van der Waals surface area (Å²) in [5.41, 5.74) is 5.76. The normalized spacial score (nSPS) is 15.5. The van der Waals surface area contributed by atoms with Crippen LogP contribution < -0.4 is 5.73 Å². The van der Waals surface area contributed by atoms with E-state index < -0.39 is 17.2 Å². The zero-order valence-corrected chi connectivity index (χ0v) is 15.1. The molecule has 0 aliphatic heterocycles. The summed E-state index contributed by atoms with van der Waals surface area (Å²) in [5.74, 6) is -1.20. The van der Waals surface area contributed by atoms with Crippen molar-refractivity contribution in [2.75, 3.05) is 5.73 Å². The fourth-order valence-corrected chi connectivity index (χ4v) is 3.21. The highest BCUT2D eigenvalue weighted by atomic mass is 19.1. The number of nitrogens with two attached hydrogens (primary N) is 1. The van der Waals surface area contributed by atoms with Crippen LogP contribution in [0.25, 0.3) is 22.4 Å². The van der Waals surface area contributed by atoms with Gasteiger partial charge in [-0.15, -0.1) is 0 Å². The van der Waals surface area contributed by atoms with Crippen molar-refractivity contribution in [2.24, 2.45) is 0 Å². The first-order valence-corrected chi connectivity index (χ1v) is 8.92. The molecule has 1 aliphatic carbocycles. The zero-order valence-electron chi connectivity index (χ0n) is 15.1. The van der Waals surface area contributed by atoms with Crippen molar-refractivity contribution >= 4 is 16.9 Å². The van der Waals surface area contributed by atoms with Gasteiger partial charge in [0.15, 0.2) is 17.5 Å². The number of rotatable bonds is 2. The molecular formula is C19H20F2N6O. The molecular weight excluding hydrogens is 366 g/mol. The summed E-state index contributed by atoms with van der Waals surface area (Å²) in [4.78, 5) is 14.4. The molecule has 0 amide bonds. The monoisotopic (exact) mass is 386 g/mol. The Hall–Kier alpha value is -3.12. The highest BCUT2D eigenvalue weighted by molar-refractivity contribution is 5.91. The van der Waals surface area contributed by atoms with Crippen LogP contribution in [0.1, 0.15) is 38.5 Å². The summed E-state index contributed by atoms with van der Waals surface area (Å²) in [5, 5.41) is 18.5. The number of aromatic amines is 1. The van der Waals surface area contributed by atoms with Crippen molar-refractivity contribution in [1.29, 1.82) is 5.26 Å². The topological polar surface area (TPSA) is 124 Å². The molecule has 3 aromatic heterocycles. The lowest BCUT2D eigenvalue weighted by atomic mass is 9.83. The molecule has 4 N–H and O–H groups in total. The number of anilines is 1. The van der Waals surface area contributed by atoms with Crippen LogP contribution in [0.5, 0.6) is 0 Å². The molecule has 1 fully saturated rings. The summed E-state index contributed by atoms with van der Waals surface area (Å²) in [6.07, 6.45) is 8.98. The molecule has 146 valence electrons. The average Bonchev–Trinajstić information content (AvgIpc) is 3.08. The molecule has 9 heteroatoms. The minimum absolute atomic E-state index is 0.215. The number of nitrogens with zero attached hydrogens (tertiary/aromatic N) is 4. The van der Waals surface area contributed by atoms with E-state index in [-0.39, 0.29) is 11.6 Å². The summed E-state index contributed by atoms with van der Waals surface area (Å²) in [7, 11) is 0. The van der Waals surface area contributed by atoms with Gasteiger partial charge in [-0.2, -0.15) is 5.26 Å². The van der Waals surface area contributed by atoms with Crippen molar-refractivity contribution in [3.63, 3.8) is 0 Å². The van der Waals surface area contributed by atoms with Crippen LogP contribution in [0.2, 0.25) is 0 Å². The van der Waals surface area contributed by atoms with Gasteiger partial charge in [-0.3, -0.25) is 0 Å². The molecule has 0 spiro atoms. The number of aromatic nitrogens is 4. The first kappa shape index (κ1) is 19.6. The van der Waals surface area contributed by atoms with Crippen LogP contribution >= 0.6 is 0 Å². The van der Waals surface area contributed by atoms with Crippen LogP contribution in [0.4, 0.5) is 14.6 Å². The number of halogens is 2. The van der Waals surface area contributed by atoms with Crippen molar-refractivity contribution in [2.45, 2.75) is 44.1 Å². The highest BCUT2D eigenvalue weighted by Crippen LogP contribution is 2.30. The van der Waals surface area contributed by atoms with Crippen molar-refractivity contribution < 1.29 is 13.9 Å². The smallest absolute Gasteiger partial charge is 0.183 e. The van der Waals surface area contributed by atoms with Gasteiger partial charge in [0.2, 0.25) is 0 Å². The lowest BCUT2D eigenvalue weighted by molar-refractivity contribution is 0.00855. The summed E-state index contributed by atoms with van der Waals surface area (Å²) in [6, 6.07) is 3.33. The summed E-state index contributed by atoms with van der Waals surface area (Å²) < 4.78 is 26.1. The van der Waals surface area contributed by atoms with Gasteiger partial charge < -0.3 is 15.8 Å². The van der Waals surface area contributed by atoms with Gasteiger partial charge >= 0.3 is 0 Å². The van der Waals surface area contributed by atoms with Gasteiger partial charge in [-0.25, -0.2) is 23.7 Å². The molecule has 28 heavy (non-hydrogen) atoms. The van der Waals surface area contributed by atoms with Gasteiger partial charge in [0.1, 0.15) is 11.5 Å². The third-order valence-electron chi connectivity index (χ3n) is 4.70. The quantitative estimate of drug-likeness (QED) is 0.619. The minimum atomic E-state index is -0.692. The standard InChI is InChI=1S/C11H7F2N5.C8H13NO/c12-5-1-6-7(3-16-10(6)15-2-5)11-17-4-8(13)9(14)18-11;9-7-6-8(10)4-2-1-3-5-8/h1-4H,(H,15,16)(H2,14,17,18);10H,1-6H2. The number of aliphatic hydroxyl groups is 1. The van der Waals surface area contributed by atoms with E-state index in [1.807, 2.05) is 6.07 Å². The number of H-pyrrole nitrogens is 1. The van der Waals surface area contributed by atoms with E-state index in [0.29, 0.717) is 23.0 Å². The fourth-order valence-electron chi connectivity index (χ4n) is 3.21. The van der Waals surface area contributed by atoms with Crippen LogP contribution in [-0.4, -0.2) is 30.6 Å². The Morgan fingerprint density at radius 3 is 2.64 bits per heavy atom. The number of hydrogen-bond acceptors (Lipinski definition) is 6. The Morgan fingerprint density at radius 1 is 1.21 bits per heavy atom. The Labute approximate surface area is 160 Å². The molecule has 0 saturated heterocycles. The predicted molar refractivity (Wildman–Crippen MR) is 99.7 cm³/mol. The van der Waals surface area contributed by atoms with E-state index >= 15 is 0 Å². The van der Waals surface area contributed by atoms with E-state index in [9.17, 15) is 13.9 Å². The largest absolute Gasteiger partial charge is 0.389 e. The SMILES string of the molecule is N#CCC1(O)CCCCC1.Nc1nc(-c2c[nH]c3ncc(F)cc23)ncc1F. The highest BCUT2D eigenvalue weighted by Gasteiger charge is 2.28. The van der Waals surface area contributed by atoms with Gasteiger partial charge in [-0.05, 0) is 18.9 Å². The fraction of sp³-hybridized carbons (Fsp3) is 0.368. The molecule has 0 bridgehead atoms. The molecule has 1 saturated carbocycles. The zero-order chi connectivity index (χ0) is 20.1. The Kier molecular flexibility index (Phi) is 5.80. The molecule has 0 atom stereocenters. The maximum Gasteiger partial charge on any atom is 0.183 e. The Balaban J connectivity index is 0.000000192. The van der Waals surface area contributed by atoms with Crippen molar-refractivity contribution in [3.8, 4) is 17.5 Å². The second-order valence-electron chi connectivity index (χ2n) is 6.80. The summed E-state index contributed by atoms with van der Waals surface area (Å²) in [6.45, 7) is 0. The first-order chi connectivity index (χ1) is 13.4. The second kappa shape index (κ2) is 8.27. The summed E-state index contributed by atoms with van der Waals surface area (Å²) >= 11 is 0. The van der Waals surface area contributed by atoms with Crippen LogP contribution in [0.3, 0.4) is 0 Å².